The lowest BCUT2D eigenvalue weighted by Gasteiger charge is -2.02. The van der Waals surface area contributed by atoms with Gasteiger partial charge < -0.3 is 0 Å². The van der Waals surface area contributed by atoms with Crippen LogP contribution >= 0.6 is 11.3 Å². The van der Waals surface area contributed by atoms with Gasteiger partial charge in [0.15, 0.2) is 0 Å². The van der Waals surface area contributed by atoms with Gasteiger partial charge in [0.25, 0.3) is 5.91 Å². The SMILES string of the molecule is CCc1ccsc1C(=O)Nc1ncn(Cc2ccccc2)n1. The van der Waals surface area contributed by atoms with Gasteiger partial charge in [0.05, 0.1) is 11.4 Å². The van der Waals surface area contributed by atoms with Gasteiger partial charge in [0, 0.05) is 0 Å². The van der Waals surface area contributed by atoms with Gasteiger partial charge in [-0.05, 0) is 29.0 Å². The van der Waals surface area contributed by atoms with Gasteiger partial charge in [-0.3, -0.25) is 10.1 Å². The van der Waals surface area contributed by atoms with Crippen LogP contribution in [0.4, 0.5) is 5.95 Å². The van der Waals surface area contributed by atoms with Crippen molar-refractivity contribution >= 4 is 23.2 Å². The van der Waals surface area contributed by atoms with E-state index in [1.807, 2.05) is 48.7 Å². The molecule has 1 N–H and O–H groups in total. The molecule has 0 atom stereocenters. The fourth-order valence-corrected chi connectivity index (χ4v) is 3.06. The van der Waals surface area contributed by atoms with E-state index in [0.29, 0.717) is 12.5 Å². The Hall–Kier alpha value is -2.47. The van der Waals surface area contributed by atoms with Gasteiger partial charge >= 0.3 is 0 Å². The molecule has 0 aliphatic carbocycles. The summed E-state index contributed by atoms with van der Waals surface area (Å²) in [5.74, 6) is 0.181. The zero-order chi connectivity index (χ0) is 15.4. The summed E-state index contributed by atoms with van der Waals surface area (Å²) in [4.78, 5) is 17.1. The van der Waals surface area contributed by atoms with E-state index in [1.165, 1.54) is 11.3 Å². The molecule has 5 nitrogen and oxygen atoms in total. The third kappa shape index (κ3) is 3.23. The lowest BCUT2D eigenvalue weighted by molar-refractivity contribution is 0.102. The van der Waals surface area contributed by atoms with Crippen molar-refractivity contribution in [2.45, 2.75) is 19.9 Å². The number of aromatic nitrogens is 3. The van der Waals surface area contributed by atoms with E-state index in [9.17, 15) is 4.79 Å². The van der Waals surface area contributed by atoms with Crippen molar-refractivity contribution in [3.8, 4) is 0 Å². The zero-order valence-corrected chi connectivity index (χ0v) is 13.0. The molecule has 0 saturated carbocycles. The second-order valence-corrected chi connectivity index (χ2v) is 5.75. The second-order valence-electron chi connectivity index (χ2n) is 4.83. The molecule has 1 aromatic carbocycles. The summed E-state index contributed by atoms with van der Waals surface area (Å²) in [5, 5.41) is 8.97. The van der Waals surface area contributed by atoms with Crippen molar-refractivity contribution in [2.75, 3.05) is 5.32 Å². The highest BCUT2D eigenvalue weighted by molar-refractivity contribution is 7.12. The Kier molecular flexibility index (Phi) is 4.29. The van der Waals surface area contributed by atoms with Crippen LogP contribution in [-0.2, 0) is 13.0 Å². The molecule has 0 aliphatic rings. The molecule has 112 valence electrons. The number of carbonyl (C=O) groups excluding carboxylic acids is 1. The Labute approximate surface area is 132 Å². The lowest BCUT2D eigenvalue weighted by atomic mass is 10.2. The molecular weight excluding hydrogens is 296 g/mol. The van der Waals surface area contributed by atoms with Gasteiger partial charge in [-0.25, -0.2) is 9.67 Å². The number of carbonyl (C=O) groups is 1. The van der Waals surface area contributed by atoms with E-state index in [-0.39, 0.29) is 5.91 Å². The molecular formula is C16H16N4OS. The number of benzene rings is 1. The monoisotopic (exact) mass is 312 g/mol. The molecule has 0 saturated heterocycles. The minimum atomic E-state index is -0.149. The number of thiophene rings is 1. The smallest absolute Gasteiger partial charge is 0.268 e. The van der Waals surface area contributed by atoms with E-state index in [0.717, 1.165) is 22.4 Å². The number of hydrogen-bond donors (Lipinski definition) is 1. The first-order chi connectivity index (χ1) is 10.8. The van der Waals surface area contributed by atoms with Crippen molar-refractivity contribution in [1.82, 2.24) is 14.8 Å². The molecule has 0 unspecified atom stereocenters. The molecule has 22 heavy (non-hydrogen) atoms. The Balaban J connectivity index is 1.68. The summed E-state index contributed by atoms with van der Waals surface area (Å²) in [6.07, 6.45) is 2.46. The van der Waals surface area contributed by atoms with E-state index in [2.05, 4.69) is 15.4 Å². The highest BCUT2D eigenvalue weighted by Crippen LogP contribution is 2.18. The third-order valence-electron chi connectivity index (χ3n) is 3.28. The third-order valence-corrected chi connectivity index (χ3v) is 4.24. The van der Waals surface area contributed by atoms with Gasteiger partial charge in [-0.2, -0.15) is 0 Å². The average Bonchev–Trinajstić information content (AvgIpc) is 3.17. The largest absolute Gasteiger partial charge is 0.288 e. The molecule has 0 bridgehead atoms. The Morgan fingerprint density at radius 2 is 2.09 bits per heavy atom. The molecule has 0 aliphatic heterocycles. The molecule has 0 spiro atoms. The Morgan fingerprint density at radius 1 is 1.27 bits per heavy atom. The number of anilines is 1. The number of rotatable bonds is 5. The molecule has 0 fully saturated rings. The number of amides is 1. The van der Waals surface area contributed by atoms with Crippen molar-refractivity contribution in [3.05, 3.63) is 64.1 Å². The van der Waals surface area contributed by atoms with E-state index in [1.54, 1.807) is 11.0 Å². The fraction of sp³-hybridized carbons (Fsp3) is 0.188. The van der Waals surface area contributed by atoms with Gasteiger partial charge in [0.2, 0.25) is 5.95 Å². The van der Waals surface area contributed by atoms with Crippen LogP contribution in [0.25, 0.3) is 0 Å². The van der Waals surface area contributed by atoms with Crippen LogP contribution in [0.2, 0.25) is 0 Å². The minimum absolute atomic E-state index is 0.149. The summed E-state index contributed by atoms with van der Waals surface area (Å²) < 4.78 is 1.71. The van der Waals surface area contributed by atoms with Gasteiger partial charge in [-0.1, -0.05) is 37.3 Å². The van der Waals surface area contributed by atoms with Crippen LogP contribution in [-0.4, -0.2) is 20.7 Å². The molecule has 3 rings (SSSR count). The topological polar surface area (TPSA) is 59.8 Å². The van der Waals surface area contributed by atoms with Crippen LogP contribution < -0.4 is 5.32 Å². The number of nitrogens with zero attached hydrogens (tertiary/aromatic N) is 3. The minimum Gasteiger partial charge on any atom is -0.288 e. The van der Waals surface area contributed by atoms with Crippen molar-refractivity contribution in [3.63, 3.8) is 0 Å². The second kappa shape index (κ2) is 6.53. The Morgan fingerprint density at radius 3 is 2.86 bits per heavy atom. The first-order valence-corrected chi connectivity index (χ1v) is 7.95. The van der Waals surface area contributed by atoms with Crippen molar-refractivity contribution in [1.29, 1.82) is 0 Å². The molecule has 6 heteroatoms. The van der Waals surface area contributed by atoms with Crippen LogP contribution in [0.1, 0.15) is 27.7 Å². The number of aryl methyl sites for hydroxylation is 1. The standard InChI is InChI=1S/C16H16N4OS/c1-2-13-8-9-22-14(13)15(21)18-16-17-11-20(19-16)10-12-6-4-3-5-7-12/h3-9,11H,2,10H2,1H3,(H,18,19,21). The summed E-state index contributed by atoms with van der Waals surface area (Å²) in [6.45, 7) is 2.66. The zero-order valence-electron chi connectivity index (χ0n) is 12.2. The van der Waals surface area contributed by atoms with E-state index < -0.39 is 0 Å². The summed E-state index contributed by atoms with van der Waals surface area (Å²) in [5.41, 5.74) is 2.18. The highest BCUT2D eigenvalue weighted by atomic mass is 32.1. The first kappa shape index (κ1) is 14.5. The summed E-state index contributed by atoms with van der Waals surface area (Å²) in [7, 11) is 0. The van der Waals surface area contributed by atoms with E-state index in [4.69, 9.17) is 0 Å². The maximum Gasteiger partial charge on any atom is 0.268 e. The maximum absolute atomic E-state index is 12.2. The van der Waals surface area contributed by atoms with Crippen molar-refractivity contribution < 1.29 is 4.79 Å². The van der Waals surface area contributed by atoms with Crippen LogP contribution in [0, 0.1) is 0 Å². The normalized spacial score (nSPS) is 10.6. The number of hydrogen-bond acceptors (Lipinski definition) is 4. The average molecular weight is 312 g/mol. The highest BCUT2D eigenvalue weighted by Gasteiger charge is 2.14. The predicted molar refractivity (Wildman–Crippen MR) is 87.2 cm³/mol. The van der Waals surface area contributed by atoms with Gasteiger partial charge in [0.1, 0.15) is 6.33 Å². The van der Waals surface area contributed by atoms with Gasteiger partial charge in [-0.15, -0.1) is 16.4 Å². The molecule has 2 aromatic heterocycles. The first-order valence-electron chi connectivity index (χ1n) is 7.07. The predicted octanol–water partition coefficient (Wildman–Crippen LogP) is 3.20. The van der Waals surface area contributed by atoms with Crippen LogP contribution in [0.15, 0.2) is 48.1 Å². The molecule has 2 heterocycles. The number of nitrogens with one attached hydrogen (secondary N) is 1. The van der Waals surface area contributed by atoms with Crippen molar-refractivity contribution in [2.24, 2.45) is 0 Å². The molecule has 0 radical (unpaired) electrons. The maximum atomic E-state index is 12.2. The van der Waals surface area contributed by atoms with Crippen LogP contribution in [0.5, 0.6) is 0 Å². The van der Waals surface area contributed by atoms with Crippen LogP contribution in [0.3, 0.4) is 0 Å². The quantitative estimate of drug-likeness (QED) is 0.787. The summed E-state index contributed by atoms with van der Waals surface area (Å²) >= 11 is 1.44. The lowest BCUT2D eigenvalue weighted by Crippen LogP contribution is -2.13. The fourth-order valence-electron chi connectivity index (χ4n) is 2.17. The van der Waals surface area contributed by atoms with E-state index >= 15 is 0 Å². The Bertz CT molecular complexity index is 763. The summed E-state index contributed by atoms with van der Waals surface area (Å²) in [6, 6.07) is 12.0. The molecule has 3 aromatic rings. The molecule has 1 amide bonds.